The van der Waals surface area contributed by atoms with Crippen LogP contribution in [0.2, 0.25) is 0 Å². The Kier molecular flexibility index (Phi) is 6.22. The maximum atomic E-state index is 11.6. The minimum atomic E-state index is -0.529. The highest BCUT2D eigenvalue weighted by molar-refractivity contribution is 5.67. The van der Waals surface area contributed by atoms with Gasteiger partial charge in [0.05, 0.1) is 12.1 Å². The van der Waals surface area contributed by atoms with Gasteiger partial charge in [0.1, 0.15) is 12.2 Å². The molecule has 1 aromatic heterocycles. The number of carbonyl (C=O) groups excluding carboxylic acids is 1. The average molecular weight is 344 g/mol. The smallest absolute Gasteiger partial charge is 0.407 e. The van der Waals surface area contributed by atoms with E-state index in [1.807, 2.05) is 51.1 Å². The molecule has 2 rings (SSSR count). The fourth-order valence-electron chi connectivity index (χ4n) is 2.16. The molecule has 25 heavy (non-hydrogen) atoms. The fraction of sp³-hybridized carbons (Fsp3) is 0.368. The lowest BCUT2D eigenvalue weighted by atomic mass is 10.1. The van der Waals surface area contributed by atoms with Crippen LogP contribution in [0.15, 0.2) is 47.5 Å². The molecule has 0 aliphatic rings. The van der Waals surface area contributed by atoms with Gasteiger partial charge in [-0.15, -0.1) is 6.58 Å². The highest BCUT2D eigenvalue weighted by atomic mass is 16.6. The van der Waals surface area contributed by atoms with E-state index in [4.69, 9.17) is 14.0 Å². The number of amides is 1. The Morgan fingerprint density at radius 1 is 1.32 bits per heavy atom. The van der Waals surface area contributed by atoms with Gasteiger partial charge < -0.3 is 19.3 Å². The molecule has 1 amide bonds. The monoisotopic (exact) mass is 344 g/mol. The van der Waals surface area contributed by atoms with Gasteiger partial charge >= 0.3 is 6.09 Å². The number of hydrogen-bond donors (Lipinski definition) is 1. The topological polar surface area (TPSA) is 73.6 Å². The Bertz CT molecular complexity index is 702. The summed E-state index contributed by atoms with van der Waals surface area (Å²) in [5.74, 6) is 1.07. The van der Waals surface area contributed by atoms with Gasteiger partial charge in [0.15, 0.2) is 5.76 Å². The third-order valence-electron chi connectivity index (χ3n) is 3.15. The third-order valence-corrected chi connectivity index (χ3v) is 3.15. The maximum Gasteiger partial charge on any atom is 0.407 e. The standard InChI is InChI=1S/C19H24N2O4/c1-5-9-15-16(14-10-7-6-8-11-14)25-21-17(15)23-13-12-20-18(22)24-19(2,3)4/h5-8,10-11H,1,9,12-13H2,2-4H3,(H,20,22). The van der Waals surface area contributed by atoms with E-state index in [2.05, 4.69) is 17.1 Å². The Labute approximate surface area is 147 Å². The fourth-order valence-corrected chi connectivity index (χ4v) is 2.16. The first-order valence-electron chi connectivity index (χ1n) is 8.15. The first kappa shape index (κ1) is 18.6. The number of hydrogen-bond acceptors (Lipinski definition) is 5. The Morgan fingerprint density at radius 2 is 2.04 bits per heavy atom. The lowest BCUT2D eigenvalue weighted by Crippen LogP contribution is -2.34. The van der Waals surface area contributed by atoms with Gasteiger partial charge in [0.2, 0.25) is 0 Å². The molecule has 0 bridgehead atoms. The molecule has 0 atom stereocenters. The van der Waals surface area contributed by atoms with Crippen LogP contribution in [-0.2, 0) is 11.2 Å². The van der Waals surface area contributed by atoms with Gasteiger partial charge in [-0.3, -0.25) is 0 Å². The van der Waals surface area contributed by atoms with Crippen LogP contribution < -0.4 is 10.1 Å². The molecule has 6 heteroatoms. The molecule has 0 saturated heterocycles. The molecule has 0 aliphatic heterocycles. The van der Waals surface area contributed by atoms with E-state index >= 15 is 0 Å². The third kappa shape index (κ3) is 5.67. The van der Waals surface area contributed by atoms with Gasteiger partial charge in [-0.1, -0.05) is 36.4 Å². The highest BCUT2D eigenvalue weighted by Gasteiger charge is 2.18. The lowest BCUT2D eigenvalue weighted by Gasteiger charge is -2.19. The average Bonchev–Trinajstić information content (AvgIpc) is 2.94. The Morgan fingerprint density at radius 3 is 2.68 bits per heavy atom. The van der Waals surface area contributed by atoms with Gasteiger partial charge in [-0.25, -0.2) is 4.79 Å². The first-order chi connectivity index (χ1) is 11.9. The lowest BCUT2D eigenvalue weighted by molar-refractivity contribution is 0.0519. The molecule has 1 aromatic carbocycles. The number of nitrogens with one attached hydrogen (secondary N) is 1. The summed E-state index contributed by atoms with van der Waals surface area (Å²) in [7, 11) is 0. The van der Waals surface area contributed by atoms with Gasteiger partial charge in [0.25, 0.3) is 5.88 Å². The van der Waals surface area contributed by atoms with Gasteiger partial charge in [-0.2, -0.15) is 0 Å². The molecular weight excluding hydrogens is 320 g/mol. The minimum Gasteiger partial charge on any atom is -0.473 e. The summed E-state index contributed by atoms with van der Waals surface area (Å²) in [5, 5.41) is 6.63. The summed E-state index contributed by atoms with van der Waals surface area (Å²) in [5.41, 5.74) is 1.23. The number of benzene rings is 1. The van der Waals surface area contributed by atoms with E-state index in [1.54, 1.807) is 6.08 Å². The number of allylic oxidation sites excluding steroid dienone is 1. The number of rotatable bonds is 7. The molecule has 6 nitrogen and oxygen atoms in total. The number of carbonyl (C=O) groups is 1. The van der Waals surface area contributed by atoms with Crippen molar-refractivity contribution in [3.8, 4) is 17.2 Å². The van der Waals surface area contributed by atoms with Crippen LogP contribution in [0.25, 0.3) is 11.3 Å². The quantitative estimate of drug-likeness (QED) is 0.607. The Balaban J connectivity index is 1.95. The van der Waals surface area contributed by atoms with Crippen molar-refractivity contribution in [1.82, 2.24) is 10.5 Å². The molecule has 1 heterocycles. The molecular formula is C19H24N2O4. The van der Waals surface area contributed by atoms with Crippen LogP contribution in [0, 0.1) is 0 Å². The van der Waals surface area contributed by atoms with Crippen molar-refractivity contribution in [2.75, 3.05) is 13.2 Å². The van der Waals surface area contributed by atoms with E-state index in [9.17, 15) is 4.79 Å². The van der Waals surface area contributed by atoms with E-state index in [0.29, 0.717) is 24.6 Å². The maximum absolute atomic E-state index is 11.6. The van der Waals surface area contributed by atoms with Crippen LogP contribution in [0.5, 0.6) is 5.88 Å². The molecule has 0 radical (unpaired) electrons. The molecule has 0 aliphatic carbocycles. The summed E-state index contributed by atoms with van der Waals surface area (Å²) in [6, 6.07) is 9.69. The first-order valence-corrected chi connectivity index (χ1v) is 8.15. The molecule has 0 saturated carbocycles. The second kappa shape index (κ2) is 8.37. The minimum absolute atomic E-state index is 0.254. The molecule has 0 unspecified atom stereocenters. The van der Waals surface area contributed by atoms with Gasteiger partial charge in [0, 0.05) is 5.56 Å². The normalized spacial score (nSPS) is 11.0. The number of alkyl carbamates (subject to hydrolysis) is 1. The van der Waals surface area contributed by atoms with Crippen molar-refractivity contribution in [3.63, 3.8) is 0 Å². The molecule has 1 N–H and O–H groups in total. The van der Waals surface area contributed by atoms with Crippen LogP contribution in [0.3, 0.4) is 0 Å². The summed E-state index contributed by atoms with van der Waals surface area (Å²) >= 11 is 0. The second-order valence-electron chi connectivity index (χ2n) is 6.43. The zero-order valence-electron chi connectivity index (χ0n) is 14.9. The van der Waals surface area contributed by atoms with Gasteiger partial charge in [-0.05, 0) is 32.3 Å². The van der Waals surface area contributed by atoms with Crippen molar-refractivity contribution >= 4 is 6.09 Å². The molecule has 2 aromatic rings. The summed E-state index contributed by atoms with van der Waals surface area (Å²) in [6.07, 6.45) is 1.86. The SMILES string of the molecule is C=CCc1c(OCCNC(=O)OC(C)(C)C)noc1-c1ccccc1. The molecule has 0 spiro atoms. The Hall–Kier alpha value is -2.76. The zero-order valence-corrected chi connectivity index (χ0v) is 14.9. The zero-order chi connectivity index (χ0) is 18.3. The predicted molar refractivity (Wildman–Crippen MR) is 95.6 cm³/mol. The second-order valence-corrected chi connectivity index (χ2v) is 6.43. The molecule has 0 fully saturated rings. The van der Waals surface area contributed by atoms with E-state index < -0.39 is 11.7 Å². The number of aromatic nitrogens is 1. The highest BCUT2D eigenvalue weighted by Crippen LogP contribution is 2.31. The van der Waals surface area contributed by atoms with Crippen LogP contribution in [0.1, 0.15) is 26.3 Å². The predicted octanol–water partition coefficient (Wildman–Crippen LogP) is 3.97. The van der Waals surface area contributed by atoms with E-state index in [0.717, 1.165) is 11.1 Å². The van der Waals surface area contributed by atoms with Crippen molar-refractivity contribution in [3.05, 3.63) is 48.6 Å². The van der Waals surface area contributed by atoms with Crippen LogP contribution in [0.4, 0.5) is 4.79 Å². The van der Waals surface area contributed by atoms with E-state index in [1.165, 1.54) is 0 Å². The van der Waals surface area contributed by atoms with Crippen LogP contribution in [-0.4, -0.2) is 30.0 Å². The van der Waals surface area contributed by atoms with E-state index in [-0.39, 0.29) is 6.61 Å². The van der Waals surface area contributed by atoms with Crippen molar-refractivity contribution in [1.29, 1.82) is 0 Å². The van der Waals surface area contributed by atoms with Crippen molar-refractivity contribution < 1.29 is 18.8 Å². The van der Waals surface area contributed by atoms with Crippen molar-refractivity contribution in [2.45, 2.75) is 32.8 Å². The largest absolute Gasteiger partial charge is 0.473 e. The number of nitrogens with zero attached hydrogens (tertiary/aromatic N) is 1. The summed E-state index contributed by atoms with van der Waals surface area (Å²) in [6.45, 7) is 9.75. The summed E-state index contributed by atoms with van der Waals surface area (Å²) in [4.78, 5) is 11.6. The summed E-state index contributed by atoms with van der Waals surface area (Å²) < 4.78 is 16.3. The van der Waals surface area contributed by atoms with Crippen LogP contribution >= 0.6 is 0 Å². The number of ether oxygens (including phenoxy) is 2. The molecule has 134 valence electrons. The van der Waals surface area contributed by atoms with Crippen molar-refractivity contribution in [2.24, 2.45) is 0 Å².